The third-order valence-corrected chi connectivity index (χ3v) is 6.02. The Kier molecular flexibility index (Phi) is 4.20. The van der Waals surface area contributed by atoms with Crippen molar-refractivity contribution in [3.8, 4) is 0 Å². The van der Waals surface area contributed by atoms with Crippen LogP contribution in [0.25, 0.3) is 11.1 Å². The van der Waals surface area contributed by atoms with Crippen molar-refractivity contribution in [2.75, 3.05) is 6.54 Å². The number of aryl methyl sites for hydroxylation is 1. The van der Waals surface area contributed by atoms with E-state index in [9.17, 15) is 4.79 Å². The average Bonchev–Trinajstić information content (AvgIpc) is 3.12. The Balaban J connectivity index is 1.83. The third-order valence-electron chi connectivity index (χ3n) is 4.69. The molecule has 142 valence electrons. The topological polar surface area (TPSA) is 90.7 Å². The number of benzene rings is 1. The van der Waals surface area contributed by atoms with E-state index in [4.69, 9.17) is 19.9 Å². The number of fused-ring (bicyclic) bond motifs is 1. The van der Waals surface area contributed by atoms with Crippen LogP contribution in [0.5, 0.6) is 0 Å². The molecule has 0 saturated carbocycles. The summed E-state index contributed by atoms with van der Waals surface area (Å²) >= 11 is 1.30. The minimum Gasteiger partial charge on any atom is -0.458 e. The van der Waals surface area contributed by atoms with Gasteiger partial charge in [-0.25, -0.2) is 9.78 Å². The molecule has 0 aliphatic carbocycles. The summed E-state index contributed by atoms with van der Waals surface area (Å²) in [6.07, 6.45) is 2.52. The minimum atomic E-state index is -1.33. The minimum absolute atomic E-state index is 0.459. The summed E-state index contributed by atoms with van der Waals surface area (Å²) in [4.78, 5) is 21.7. The van der Waals surface area contributed by atoms with Crippen LogP contribution in [0.1, 0.15) is 44.6 Å². The molecule has 0 spiro atoms. The highest BCUT2D eigenvalue weighted by Gasteiger charge is 2.56. The molecule has 1 aromatic heterocycles. The number of carbonyl (C=O) groups excluding carboxylic acids is 1. The highest BCUT2D eigenvalue weighted by atomic mass is 32.2. The Morgan fingerprint density at radius 3 is 2.89 bits per heavy atom. The highest BCUT2D eigenvalue weighted by Crippen LogP contribution is 2.54. The first-order valence-electron chi connectivity index (χ1n) is 8.99. The van der Waals surface area contributed by atoms with Crippen LogP contribution >= 0.6 is 11.8 Å². The van der Waals surface area contributed by atoms with E-state index in [0.29, 0.717) is 18.0 Å². The maximum atomic E-state index is 13.1. The SMILES string of the molecule is Cc1cccc2oc(C3C4=C(C=NCC4)SC3(N)C(=O)OC(C)(C)C)nc12. The van der Waals surface area contributed by atoms with Gasteiger partial charge in [-0.2, -0.15) is 0 Å². The number of para-hydroxylation sites is 1. The number of thioether (sulfide) groups is 1. The number of nitrogens with zero attached hydrogens (tertiary/aromatic N) is 2. The van der Waals surface area contributed by atoms with Crippen LogP contribution in [0.4, 0.5) is 0 Å². The Hall–Kier alpha value is -2.12. The first kappa shape index (κ1) is 18.3. The smallest absolute Gasteiger partial charge is 0.338 e. The van der Waals surface area contributed by atoms with Crippen LogP contribution in [0.2, 0.25) is 0 Å². The molecule has 6 nitrogen and oxygen atoms in total. The number of oxazole rings is 1. The van der Waals surface area contributed by atoms with Crippen molar-refractivity contribution >= 4 is 35.0 Å². The average molecular weight is 385 g/mol. The van der Waals surface area contributed by atoms with Gasteiger partial charge in [0.05, 0.1) is 5.92 Å². The van der Waals surface area contributed by atoms with Gasteiger partial charge in [-0.3, -0.25) is 4.99 Å². The van der Waals surface area contributed by atoms with Gasteiger partial charge in [0.2, 0.25) is 5.89 Å². The van der Waals surface area contributed by atoms with Gasteiger partial charge in [0, 0.05) is 17.7 Å². The van der Waals surface area contributed by atoms with Gasteiger partial charge < -0.3 is 14.9 Å². The number of aliphatic imine (C=N–C) groups is 1. The molecule has 2 atom stereocenters. The molecule has 0 amide bonds. The quantitative estimate of drug-likeness (QED) is 0.793. The Morgan fingerprint density at radius 1 is 1.41 bits per heavy atom. The van der Waals surface area contributed by atoms with E-state index >= 15 is 0 Å². The summed E-state index contributed by atoms with van der Waals surface area (Å²) in [6, 6.07) is 5.79. The summed E-state index contributed by atoms with van der Waals surface area (Å²) in [7, 11) is 0. The molecule has 2 unspecified atom stereocenters. The second-order valence-electron chi connectivity index (χ2n) is 7.98. The number of allylic oxidation sites excluding steroid dienone is 1. The molecule has 3 heterocycles. The normalized spacial score (nSPS) is 25.1. The van der Waals surface area contributed by atoms with E-state index in [1.54, 1.807) is 6.21 Å². The second kappa shape index (κ2) is 6.21. The number of aromatic nitrogens is 1. The van der Waals surface area contributed by atoms with E-state index in [0.717, 1.165) is 28.0 Å². The van der Waals surface area contributed by atoms with Crippen molar-refractivity contribution in [3.63, 3.8) is 0 Å². The number of hydrogen-bond donors (Lipinski definition) is 1. The zero-order valence-corrected chi connectivity index (χ0v) is 16.7. The zero-order chi connectivity index (χ0) is 19.4. The number of carbonyl (C=O) groups is 1. The van der Waals surface area contributed by atoms with E-state index in [1.165, 1.54) is 11.8 Å². The number of hydrogen-bond acceptors (Lipinski definition) is 7. The van der Waals surface area contributed by atoms with Gasteiger partial charge >= 0.3 is 5.97 Å². The monoisotopic (exact) mass is 385 g/mol. The van der Waals surface area contributed by atoms with E-state index in [1.807, 2.05) is 45.9 Å². The summed E-state index contributed by atoms with van der Waals surface area (Å²) < 4.78 is 11.7. The van der Waals surface area contributed by atoms with Crippen molar-refractivity contribution in [1.82, 2.24) is 4.98 Å². The van der Waals surface area contributed by atoms with Gasteiger partial charge in [-0.15, -0.1) is 0 Å². The predicted octanol–water partition coefficient (Wildman–Crippen LogP) is 3.69. The molecule has 4 rings (SSSR count). The summed E-state index contributed by atoms with van der Waals surface area (Å²) in [5.74, 6) is -0.488. The van der Waals surface area contributed by atoms with Gasteiger partial charge in [0.25, 0.3) is 0 Å². The zero-order valence-electron chi connectivity index (χ0n) is 15.9. The maximum Gasteiger partial charge on any atom is 0.338 e. The van der Waals surface area contributed by atoms with Crippen LogP contribution in [0, 0.1) is 6.92 Å². The first-order chi connectivity index (χ1) is 12.7. The fourth-order valence-corrected chi connectivity index (χ4v) is 4.82. The lowest BCUT2D eigenvalue weighted by Gasteiger charge is -2.31. The summed E-state index contributed by atoms with van der Waals surface area (Å²) in [5, 5.41) is 0. The van der Waals surface area contributed by atoms with Crippen molar-refractivity contribution in [2.45, 2.75) is 50.5 Å². The molecule has 7 heteroatoms. The van der Waals surface area contributed by atoms with Crippen LogP contribution in [0.15, 0.2) is 38.1 Å². The fourth-order valence-electron chi connectivity index (χ4n) is 3.49. The predicted molar refractivity (Wildman–Crippen MR) is 107 cm³/mol. The molecule has 27 heavy (non-hydrogen) atoms. The molecule has 2 N–H and O–H groups in total. The lowest BCUT2D eigenvalue weighted by atomic mass is 9.88. The van der Waals surface area contributed by atoms with Crippen molar-refractivity contribution in [2.24, 2.45) is 10.7 Å². The second-order valence-corrected chi connectivity index (χ2v) is 9.30. The largest absolute Gasteiger partial charge is 0.458 e. The number of esters is 1. The molecule has 0 fully saturated rings. The van der Waals surface area contributed by atoms with Crippen LogP contribution in [0.3, 0.4) is 0 Å². The lowest BCUT2D eigenvalue weighted by molar-refractivity contribution is -0.158. The van der Waals surface area contributed by atoms with Crippen molar-refractivity contribution in [1.29, 1.82) is 0 Å². The molecule has 2 aliphatic rings. The summed E-state index contributed by atoms with van der Waals surface area (Å²) in [6.45, 7) is 8.15. The van der Waals surface area contributed by atoms with Crippen LogP contribution in [-0.4, -0.2) is 34.2 Å². The summed E-state index contributed by atoms with van der Waals surface area (Å²) in [5.41, 5.74) is 9.61. The lowest BCUT2D eigenvalue weighted by Crippen LogP contribution is -2.51. The third kappa shape index (κ3) is 3.08. The van der Waals surface area contributed by atoms with Crippen LogP contribution < -0.4 is 5.73 Å². The van der Waals surface area contributed by atoms with Gasteiger partial charge in [-0.05, 0) is 51.3 Å². The van der Waals surface area contributed by atoms with Crippen LogP contribution in [-0.2, 0) is 9.53 Å². The fraction of sp³-hybridized carbons (Fsp3) is 0.450. The number of rotatable bonds is 2. The number of nitrogens with two attached hydrogens (primary N) is 1. The molecular weight excluding hydrogens is 362 g/mol. The molecular formula is C20H23N3O3S. The Morgan fingerprint density at radius 2 is 2.19 bits per heavy atom. The molecule has 2 aromatic rings. The van der Waals surface area contributed by atoms with Crippen molar-refractivity contribution < 1.29 is 13.9 Å². The molecule has 0 bridgehead atoms. The van der Waals surface area contributed by atoms with E-state index in [2.05, 4.69) is 4.99 Å². The number of ether oxygens (including phenoxy) is 1. The standard InChI is InChI=1S/C20H23N3O3S/c1-11-6-5-7-13-16(11)23-17(25-13)15-12-8-9-22-10-14(12)27-20(15,21)18(24)26-19(2,3)4/h5-7,10,15H,8-9,21H2,1-4H3. The van der Waals surface area contributed by atoms with Crippen molar-refractivity contribution in [3.05, 3.63) is 40.1 Å². The Bertz CT molecular complexity index is 986. The number of dihydropyridines is 1. The van der Waals surface area contributed by atoms with Gasteiger partial charge in [-0.1, -0.05) is 23.9 Å². The molecule has 0 saturated heterocycles. The van der Waals surface area contributed by atoms with Gasteiger partial charge in [0.15, 0.2) is 10.5 Å². The van der Waals surface area contributed by atoms with E-state index in [-0.39, 0.29) is 0 Å². The highest BCUT2D eigenvalue weighted by molar-refractivity contribution is 8.06. The first-order valence-corrected chi connectivity index (χ1v) is 9.81. The van der Waals surface area contributed by atoms with E-state index < -0.39 is 22.4 Å². The molecule has 0 radical (unpaired) electrons. The Labute approximate surface area is 162 Å². The molecule has 2 aliphatic heterocycles. The molecule has 1 aromatic carbocycles. The maximum absolute atomic E-state index is 13.1. The van der Waals surface area contributed by atoms with Gasteiger partial charge in [0.1, 0.15) is 11.1 Å².